The second-order valence-electron chi connectivity index (χ2n) is 6.69. The van der Waals surface area contributed by atoms with Crippen molar-refractivity contribution in [2.24, 2.45) is 0 Å². The maximum atomic E-state index is 12.9. The number of thiophene rings is 1. The van der Waals surface area contributed by atoms with Crippen molar-refractivity contribution in [3.63, 3.8) is 0 Å². The fraction of sp³-hybridized carbons (Fsp3) is 0.217. The zero-order chi connectivity index (χ0) is 21.3. The van der Waals surface area contributed by atoms with E-state index in [1.54, 1.807) is 45.4 Å². The number of nitrogens with one attached hydrogen (secondary N) is 1. The van der Waals surface area contributed by atoms with Crippen LogP contribution < -0.4 is 14.8 Å². The largest absolute Gasteiger partial charge is 0.493 e. The maximum absolute atomic E-state index is 12.9. The van der Waals surface area contributed by atoms with E-state index in [1.165, 1.54) is 11.3 Å². The summed E-state index contributed by atoms with van der Waals surface area (Å²) in [7, 11) is 3.17. The summed E-state index contributed by atoms with van der Waals surface area (Å²) in [5.41, 5.74) is 3.63. The van der Waals surface area contributed by atoms with Crippen molar-refractivity contribution in [2.75, 3.05) is 26.1 Å². The van der Waals surface area contributed by atoms with E-state index in [0.29, 0.717) is 34.0 Å². The molecule has 7 heteroatoms. The smallest absolute Gasteiger partial charge is 0.341 e. The average molecular weight is 423 g/mol. The molecule has 0 radical (unpaired) electrons. The highest BCUT2D eigenvalue weighted by atomic mass is 32.1. The standard InChI is InChI=1S/C23H21NO5S/c1-4-29-23(26)20-19-15-12-17(28-3)16(27-2)10-14(15)11-18(19)30-22(20)24-21(25)13-8-6-5-7-9-13/h5-10,12H,4,11H2,1-3H3,(H,24,25). The van der Waals surface area contributed by atoms with Crippen LogP contribution in [0.1, 0.15) is 38.1 Å². The Morgan fingerprint density at radius 3 is 2.43 bits per heavy atom. The summed E-state index contributed by atoms with van der Waals surface area (Å²) < 4.78 is 16.2. The van der Waals surface area contributed by atoms with Gasteiger partial charge in [-0.2, -0.15) is 0 Å². The van der Waals surface area contributed by atoms with E-state index in [4.69, 9.17) is 14.2 Å². The molecule has 2 aromatic carbocycles. The zero-order valence-corrected chi connectivity index (χ0v) is 17.7. The molecule has 0 saturated heterocycles. The number of carbonyl (C=O) groups excluding carboxylic acids is 2. The molecule has 0 spiro atoms. The predicted octanol–water partition coefficient (Wildman–Crippen LogP) is 4.77. The van der Waals surface area contributed by atoms with E-state index < -0.39 is 5.97 Å². The molecule has 6 nitrogen and oxygen atoms in total. The van der Waals surface area contributed by atoms with E-state index in [-0.39, 0.29) is 12.5 Å². The molecule has 1 aliphatic carbocycles. The van der Waals surface area contributed by atoms with Crippen LogP contribution in [0.4, 0.5) is 5.00 Å². The Morgan fingerprint density at radius 2 is 1.77 bits per heavy atom. The fourth-order valence-electron chi connectivity index (χ4n) is 3.61. The third-order valence-electron chi connectivity index (χ3n) is 4.95. The van der Waals surface area contributed by atoms with Gasteiger partial charge in [-0.3, -0.25) is 4.79 Å². The Labute approximate surface area is 178 Å². The van der Waals surface area contributed by atoms with Crippen LogP contribution in [0.2, 0.25) is 0 Å². The highest BCUT2D eigenvalue weighted by molar-refractivity contribution is 7.17. The number of anilines is 1. The Balaban J connectivity index is 1.80. The molecule has 154 valence electrons. The van der Waals surface area contributed by atoms with Gasteiger partial charge in [0.15, 0.2) is 11.5 Å². The number of hydrogen-bond donors (Lipinski definition) is 1. The number of rotatable bonds is 6. The van der Waals surface area contributed by atoms with Crippen molar-refractivity contribution in [3.8, 4) is 22.6 Å². The maximum Gasteiger partial charge on any atom is 0.341 e. The van der Waals surface area contributed by atoms with Gasteiger partial charge in [-0.1, -0.05) is 18.2 Å². The lowest BCUT2D eigenvalue weighted by Crippen LogP contribution is -2.14. The summed E-state index contributed by atoms with van der Waals surface area (Å²) in [5, 5.41) is 3.39. The number of carbonyl (C=O) groups is 2. The number of amides is 1. The van der Waals surface area contributed by atoms with Gasteiger partial charge in [0.2, 0.25) is 0 Å². The topological polar surface area (TPSA) is 73.9 Å². The number of fused-ring (bicyclic) bond motifs is 3. The molecule has 0 unspecified atom stereocenters. The second-order valence-corrected chi connectivity index (χ2v) is 7.79. The molecule has 1 aliphatic rings. The van der Waals surface area contributed by atoms with E-state index in [9.17, 15) is 9.59 Å². The molecule has 0 bridgehead atoms. The predicted molar refractivity (Wildman–Crippen MR) is 116 cm³/mol. The van der Waals surface area contributed by atoms with Crippen LogP contribution in [-0.2, 0) is 11.2 Å². The number of hydrogen-bond acceptors (Lipinski definition) is 6. The lowest BCUT2D eigenvalue weighted by Gasteiger charge is -2.12. The minimum absolute atomic E-state index is 0.244. The molecule has 1 heterocycles. The van der Waals surface area contributed by atoms with Gasteiger partial charge in [0.05, 0.1) is 20.8 Å². The monoisotopic (exact) mass is 423 g/mol. The van der Waals surface area contributed by atoms with Crippen LogP contribution in [0, 0.1) is 0 Å². The van der Waals surface area contributed by atoms with Crippen molar-refractivity contribution in [1.82, 2.24) is 0 Å². The summed E-state index contributed by atoms with van der Waals surface area (Å²) in [6.45, 7) is 2.00. The molecule has 1 N–H and O–H groups in total. The molecule has 3 aromatic rings. The van der Waals surface area contributed by atoms with E-state index in [0.717, 1.165) is 21.6 Å². The van der Waals surface area contributed by atoms with Gasteiger partial charge in [0.1, 0.15) is 10.6 Å². The van der Waals surface area contributed by atoms with Gasteiger partial charge in [0.25, 0.3) is 5.91 Å². The first kappa shape index (κ1) is 20.0. The lowest BCUT2D eigenvalue weighted by molar-refractivity contribution is 0.0529. The number of benzene rings is 2. The van der Waals surface area contributed by atoms with Crippen LogP contribution in [0.15, 0.2) is 42.5 Å². The molecule has 1 amide bonds. The normalized spacial score (nSPS) is 11.4. The van der Waals surface area contributed by atoms with Gasteiger partial charge in [-0.15, -0.1) is 11.3 Å². The molecule has 0 atom stereocenters. The quantitative estimate of drug-likeness (QED) is 0.453. The minimum atomic E-state index is -0.457. The molecule has 0 fully saturated rings. The summed E-state index contributed by atoms with van der Waals surface area (Å²) in [6, 6.07) is 12.7. The minimum Gasteiger partial charge on any atom is -0.493 e. The Bertz CT molecular complexity index is 1120. The number of ether oxygens (including phenoxy) is 3. The van der Waals surface area contributed by atoms with E-state index in [2.05, 4.69) is 5.32 Å². The van der Waals surface area contributed by atoms with Crippen molar-refractivity contribution in [3.05, 3.63) is 64.0 Å². The van der Waals surface area contributed by atoms with Gasteiger partial charge in [-0.05, 0) is 42.3 Å². The number of esters is 1. The van der Waals surface area contributed by atoms with Crippen molar-refractivity contribution >= 4 is 28.2 Å². The van der Waals surface area contributed by atoms with Crippen LogP contribution in [0.3, 0.4) is 0 Å². The molecular weight excluding hydrogens is 402 g/mol. The molecular formula is C23H21NO5S. The Hall–Kier alpha value is -3.32. The van der Waals surface area contributed by atoms with E-state index in [1.807, 2.05) is 18.2 Å². The molecule has 30 heavy (non-hydrogen) atoms. The SMILES string of the molecule is CCOC(=O)c1c(NC(=O)c2ccccc2)sc2c1-c1cc(OC)c(OC)cc1C2. The first-order chi connectivity index (χ1) is 14.6. The molecule has 1 aromatic heterocycles. The first-order valence-electron chi connectivity index (χ1n) is 9.51. The summed E-state index contributed by atoms with van der Waals surface area (Å²) >= 11 is 1.39. The molecule has 4 rings (SSSR count). The summed E-state index contributed by atoms with van der Waals surface area (Å²) in [6.07, 6.45) is 0.642. The second kappa shape index (κ2) is 8.20. The summed E-state index contributed by atoms with van der Waals surface area (Å²) in [5.74, 6) is 0.497. The van der Waals surface area contributed by atoms with Crippen molar-refractivity contribution in [1.29, 1.82) is 0 Å². The average Bonchev–Trinajstić information content (AvgIpc) is 3.28. The van der Waals surface area contributed by atoms with Crippen LogP contribution in [0.25, 0.3) is 11.1 Å². The highest BCUT2D eigenvalue weighted by Crippen LogP contribution is 2.50. The zero-order valence-electron chi connectivity index (χ0n) is 16.9. The highest BCUT2D eigenvalue weighted by Gasteiger charge is 2.33. The van der Waals surface area contributed by atoms with Gasteiger partial charge in [-0.25, -0.2) is 4.79 Å². The van der Waals surface area contributed by atoms with Crippen LogP contribution in [0.5, 0.6) is 11.5 Å². The third-order valence-corrected chi connectivity index (χ3v) is 6.06. The van der Waals surface area contributed by atoms with E-state index >= 15 is 0 Å². The van der Waals surface area contributed by atoms with Crippen LogP contribution >= 0.6 is 11.3 Å². The number of methoxy groups -OCH3 is 2. The lowest BCUT2D eigenvalue weighted by atomic mass is 10.0. The Kier molecular flexibility index (Phi) is 5.46. The molecule has 0 saturated carbocycles. The van der Waals surface area contributed by atoms with Gasteiger partial charge in [0, 0.05) is 22.4 Å². The Morgan fingerprint density at radius 1 is 1.07 bits per heavy atom. The third kappa shape index (κ3) is 3.41. The van der Waals surface area contributed by atoms with Crippen LogP contribution in [-0.4, -0.2) is 32.7 Å². The first-order valence-corrected chi connectivity index (χ1v) is 10.3. The van der Waals surface area contributed by atoms with Gasteiger partial charge >= 0.3 is 5.97 Å². The summed E-state index contributed by atoms with van der Waals surface area (Å²) in [4.78, 5) is 26.6. The van der Waals surface area contributed by atoms with Crippen molar-refractivity contribution < 1.29 is 23.8 Å². The fourth-order valence-corrected chi connectivity index (χ4v) is 4.83. The molecule has 0 aliphatic heterocycles. The van der Waals surface area contributed by atoms with Gasteiger partial charge < -0.3 is 19.5 Å². The van der Waals surface area contributed by atoms with Crippen molar-refractivity contribution in [2.45, 2.75) is 13.3 Å².